The Bertz CT molecular complexity index is 433. The molecule has 1 N–H and O–H groups in total. The van der Waals surface area contributed by atoms with Crippen molar-refractivity contribution >= 4 is 15.9 Å². The fraction of sp³-hybridized carbons (Fsp3) is 0.600. The fourth-order valence-corrected chi connectivity index (χ4v) is 3.22. The van der Waals surface area contributed by atoms with Gasteiger partial charge in [-0.1, -0.05) is 6.07 Å². The Labute approximate surface area is 130 Å². The van der Waals surface area contributed by atoms with Crippen LogP contribution in [0.25, 0.3) is 0 Å². The van der Waals surface area contributed by atoms with E-state index in [1.807, 2.05) is 6.07 Å². The molecule has 0 radical (unpaired) electrons. The first-order valence-corrected chi connectivity index (χ1v) is 7.84. The van der Waals surface area contributed by atoms with Crippen LogP contribution in [0.15, 0.2) is 22.7 Å². The lowest BCUT2D eigenvalue weighted by atomic mass is 10.0. The van der Waals surface area contributed by atoms with Crippen LogP contribution in [0, 0.1) is 0 Å². The molecule has 1 fully saturated rings. The lowest BCUT2D eigenvalue weighted by molar-refractivity contribution is 0.144. The second-order valence-electron chi connectivity index (χ2n) is 5.46. The summed E-state index contributed by atoms with van der Waals surface area (Å²) in [5, 5.41) is 3.42. The highest BCUT2D eigenvalue weighted by molar-refractivity contribution is 9.10. The Morgan fingerprint density at radius 2 is 2.05 bits per heavy atom. The zero-order valence-corrected chi connectivity index (χ0v) is 14.1. The topological polar surface area (TPSA) is 27.7 Å². The largest absolute Gasteiger partial charge is 0.496 e. The number of nitrogens with one attached hydrogen (secondary N) is 1. The van der Waals surface area contributed by atoms with Gasteiger partial charge in [0.15, 0.2) is 0 Å². The van der Waals surface area contributed by atoms with Crippen LogP contribution in [0.1, 0.15) is 11.6 Å². The van der Waals surface area contributed by atoms with Crippen LogP contribution in [0.5, 0.6) is 5.75 Å². The molecule has 20 heavy (non-hydrogen) atoms. The van der Waals surface area contributed by atoms with E-state index in [1.165, 1.54) is 5.56 Å². The average Bonchev–Trinajstić information content (AvgIpc) is 2.45. The van der Waals surface area contributed by atoms with Gasteiger partial charge in [0.2, 0.25) is 0 Å². The molecule has 2 rings (SSSR count). The predicted octanol–water partition coefficient (Wildman–Crippen LogP) is 1.97. The molecule has 1 aromatic carbocycles. The maximum atomic E-state index is 5.33. The molecule has 0 amide bonds. The minimum absolute atomic E-state index is 0.425. The molecule has 0 aromatic heterocycles. The van der Waals surface area contributed by atoms with Gasteiger partial charge in [0, 0.05) is 38.8 Å². The van der Waals surface area contributed by atoms with Gasteiger partial charge >= 0.3 is 0 Å². The Kier molecular flexibility index (Phi) is 5.84. The Morgan fingerprint density at radius 3 is 2.60 bits per heavy atom. The Morgan fingerprint density at radius 1 is 1.35 bits per heavy atom. The van der Waals surface area contributed by atoms with Crippen LogP contribution in [0.2, 0.25) is 0 Å². The fourth-order valence-electron chi connectivity index (χ4n) is 2.66. The second-order valence-corrected chi connectivity index (χ2v) is 6.31. The van der Waals surface area contributed by atoms with E-state index in [1.54, 1.807) is 7.11 Å². The maximum Gasteiger partial charge on any atom is 0.133 e. The maximum absolute atomic E-state index is 5.33. The first-order chi connectivity index (χ1) is 9.61. The summed E-state index contributed by atoms with van der Waals surface area (Å²) >= 11 is 3.60. The van der Waals surface area contributed by atoms with Gasteiger partial charge in [-0.15, -0.1) is 0 Å². The molecule has 0 spiro atoms. The molecule has 1 aromatic rings. The zero-order chi connectivity index (χ0) is 14.5. The number of nitrogens with zero attached hydrogens (tertiary/aromatic N) is 2. The zero-order valence-electron chi connectivity index (χ0n) is 12.5. The summed E-state index contributed by atoms with van der Waals surface area (Å²) < 4.78 is 6.35. The number of methoxy groups -OCH3 is 1. The molecule has 1 aliphatic heterocycles. The Balaban J connectivity index is 2.22. The van der Waals surface area contributed by atoms with Gasteiger partial charge in [0.1, 0.15) is 5.75 Å². The summed E-state index contributed by atoms with van der Waals surface area (Å²) in [7, 11) is 5.97. The molecule has 1 unspecified atom stereocenters. The number of likely N-dealkylation sites (N-methyl/N-ethyl adjacent to an activating group) is 1. The van der Waals surface area contributed by atoms with Crippen LogP contribution in [0.4, 0.5) is 0 Å². The summed E-state index contributed by atoms with van der Waals surface area (Å²) in [6.07, 6.45) is 0. The van der Waals surface area contributed by atoms with Gasteiger partial charge in [-0.2, -0.15) is 0 Å². The monoisotopic (exact) mass is 341 g/mol. The molecule has 0 bridgehead atoms. The van der Waals surface area contributed by atoms with Crippen LogP contribution in [0.3, 0.4) is 0 Å². The Hall–Kier alpha value is -0.620. The molecule has 4 nitrogen and oxygen atoms in total. The predicted molar refractivity (Wildman–Crippen MR) is 86.4 cm³/mol. The first kappa shape index (κ1) is 15.8. The molecule has 1 atom stereocenters. The quantitative estimate of drug-likeness (QED) is 0.886. The van der Waals surface area contributed by atoms with Gasteiger partial charge in [-0.05, 0) is 47.7 Å². The average molecular weight is 342 g/mol. The van der Waals surface area contributed by atoms with Gasteiger partial charge in [-0.25, -0.2) is 0 Å². The minimum Gasteiger partial charge on any atom is -0.496 e. The van der Waals surface area contributed by atoms with E-state index >= 15 is 0 Å². The molecule has 0 aliphatic carbocycles. The highest BCUT2D eigenvalue weighted by atomic mass is 79.9. The molecular formula is C15H24BrN3O. The van der Waals surface area contributed by atoms with Gasteiger partial charge in [0.25, 0.3) is 0 Å². The van der Waals surface area contributed by atoms with E-state index in [2.05, 4.69) is 57.3 Å². The highest BCUT2D eigenvalue weighted by Gasteiger charge is 2.23. The van der Waals surface area contributed by atoms with Crippen molar-refractivity contribution in [1.82, 2.24) is 15.1 Å². The molecular weight excluding hydrogens is 318 g/mol. The summed E-state index contributed by atoms with van der Waals surface area (Å²) in [6.45, 7) is 5.37. The molecule has 1 heterocycles. The SMILES string of the molecule is COc1ccc(C(CN(C)C)N2CCNCC2)cc1Br. The van der Waals surface area contributed by atoms with Crippen molar-refractivity contribution in [2.24, 2.45) is 0 Å². The lowest BCUT2D eigenvalue weighted by Crippen LogP contribution is -2.47. The summed E-state index contributed by atoms with van der Waals surface area (Å²) in [6, 6.07) is 6.84. The first-order valence-electron chi connectivity index (χ1n) is 7.04. The molecule has 1 saturated heterocycles. The lowest BCUT2D eigenvalue weighted by Gasteiger charge is -2.36. The van der Waals surface area contributed by atoms with Crippen molar-refractivity contribution in [1.29, 1.82) is 0 Å². The van der Waals surface area contributed by atoms with E-state index < -0.39 is 0 Å². The molecule has 5 heteroatoms. The van der Waals surface area contributed by atoms with E-state index in [0.29, 0.717) is 6.04 Å². The van der Waals surface area contributed by atoms with Crippen LogP contribution in [-0.2, 0) is 0 Å². The summed E-state index contributed by atoms with van der Waals surface area (Å²) in [5.74, 6) is 0.887. The van der Waals surface area contributed by atoms with Crippen molar-refractivity contribution < 1.29 is 4.74 Å². The van der Waals surface area contributed by atoms with Crippen LogP contribution in [-0.4, -0.2) is 63.7 Å². The van der Waals surface area contributed by atoms with Crippen molar-refractivity contribution in [3.8, 4) is 5.75 Å². The van der Waals surface area contributed by atoms with Crippen LogP contribution < -0.4 is 10.1 Å². The smallest absolute Gasteiger partial charge is 0.133 e. The van der Waals surface area contributed by atoms with Crippen molar-refractivity contribution in [3.05, 3.63) is 28.2 Å². The number of benzene rings is 1. The molecule has 112 valence electrons. The summed E-state index contributed by atoms with van der Waals surface area (Å²) in [5.41, 5.74) is 1.34. The summed E-state index contributed by atoms with van der Waals surface area (Å²) in [4.78, 5) is 4.82. The van der Waals surface area contributed by atoms with Gasteiger partial charge in [-0.3, -0.25) is 4.90 Å². The third kappa shape index (κ3) is 3.95. The van der Waals surface area contributed by atoms with E-state index in [-0.39, 0.29) is 0 Å². The normalized spacial score (nSPS) is 18.2. The second kappa shape index (κ2) is 7.41. The van der Waals surface area contributed by atoms with E-state index in [4.69, 9.17) is 4.74 Å². The number of hydrogen-bond donors (Lipinski definition) is 1. The van der Waals surface area contributed by atoms with Crippen LogP contribution >= 0.6 is 15.9 Å². The standard InChI is InChI=1S/C15H24BrN3O/c1-18(2)11-14(19-8-6-17-7-9-19)12-4-5-15(20-3)13(16)10-12/h4-5,10,14,17H,6-9,11H2,1-3H3. The van der Waals surface area contributed by atoms with Crippen molar-refractivity contribution in [2.45, 2.75) is 6.04 Å². The minimum atomic E-state index is 0.425. The highest BCUT2D eigenvalue weighted by Crippen LogP contribution is 2.30. The number of halogens is 1. The van der Waals surface area contributed by atoms with E-state index in [0.717, 1.165) is 42.9 Å². The molecule has 0 saturated carbocycles. The molecule has 1 aliphatic rings. The third-order valence-electron chi connectivity index (χ3n) is 3.69. The van der Waals surface area contributed by atoms with Crippen molar-refractivity contribution in [2.75, 3.05) is 53.9 Å². The number of piperazine rings is 1. The number of hydrogen-bond acceptors (Lipinski definition) is 4. The third-order valence-corrected chi connectivity index (χ3v) is 4.31. The number of rotatable bonds is 5. The van der Waals surface area contributed by atoms with Gasteiger partial charge in [0.05, 0.1) is 11.6 Å². The van der Waals surface area contributed by atoms with E-state index in [9.17, 15) is 0 Å². The van der Waals surface area contributed by atoms with Crippen molar-refractivity contribution in [3.63, 3.8) is 0 Å². The number of ether oxygens (including phenoxy) is 1. The van der Waals surface area contributed by atoms with Gasteiger partial charge < -0.3 is 15.0 Å².